The van der Waals surface area contributed by atoms with Crippen LogP contribution in [-0.4, -0.2) is 60.8 Å². The van der Waals surface area contributed by atoms with Crippen molar-refractivity contribution in [3.05, 3.63) is 0 Å². The quantitative estimate of drug-likeness (QED) is 0.633. The SMILES string of the molecule is COC(=O)C(CN1CCCC1CCCO)NC(C)=O. The van der Waals surface area contributed by atoms with Gasteiger partial charge in [0.25, 0.3) is 0 Å². The number of nitrogens with zero attached hydrogens (tertiary/aromatic N) is 1. The summed E-state index contributed by atoms with van der Waals surface area (Å²) in [4.78, 5) is 25.0. The molecule has 0 aromatic carbocycles. The van der Waals surface area contributed by atoms with Crippen LogP contribution in [0, 0.1) is 0 Å². The molecule has 0 aromatic rings. The maximum absolute atomic E-state index is 11.7. The van der Waals surface area contributed by atoms with Crippen molar-refractivity contribution in [3.8, 4) is 0 Å². The molecule has 0 spiro atoms. The van der Waals surface area contributed by atoms with Gasteiger partial charge in [-0.2, -0.15) is 0 Å². The third-order valence-corrected chi connectivity index (χ3v) is 3.47. The van der Waals surface area contributed by atoms with E-state index in [2.05, 4.69) is 10.2 Å². The highest BCUT2D eigenvalue weighted by Gasteiger charge is 2.30. The summed E-state index contributed by atoms with van der Waals surface area (Å²) in [6.45, 7) is 2.98. The number of hydrogen-bond acceptors (Lipinski definition) is 5. The first kappa shape index (κ1) is 15.9. The van der Waals surface area contributed by atoms with Gasteiger partial charge in [-0.15, -0.1) is 0 Å². The Hall–Kier alpha value is -1.14. The Balaban J connectivity index is 2.56. The number of ether oxygens (including phenoxy) is 1. The van der Waals surface area contributed by atoms with Crippen molar-refractivity contribution in [2.24, 2.45) is 0 Å². The number of methoxy groups -OCH3 is 1. The lowest BCUT2D eigenvalue weighted by molar-refractivity contribution is -0.145. The number of esters is 1. The zero-order valence-corrected chi connectivity index (χ0v) is 11.7. The Morgan fingerprint density at radius 1 is 1.53 bits per heavy atom. The molecule has 1 fully saturated rings. The lowest BCUT2D eigenvalue weighted by atomic mass is 10.1. The van der Waals surface area contributed by atoms with Crippen molar-refractivity contribution < 1.29 is 19.4 Å². The van der Waals surface area contributed by atoms with Gasteiger partial charge in [0.1, 0.15) is 6.04 Å². The van der Waals surface area contributed by atoms with Gasteiger partial charge in [-0.25, -0.2) is 4.79 Å². The molecule has 19 heavy (non-hydrogen) atoms. The maximum Gasteiger partial charge on any atom is 0.329 e. The van der Waals surface area contributed by atoms with Gasteiger partial charge in [0.15, 0.2) is 0 Å². The van der Waals surface area contributed by atoms with Crippen LogP contribution in [0.15, 0.2) is 0 Å². The average molecular weight is 272 g/mol. The number of hydrogen-bond donors (Lipinski definition) is 2. The standard InChI is InChI=1S/C13H24N2O4/c1-10(17)14-12(13(18)19-2)9-15-7-3-5-11(15)6-4-8-16/h11-12,16H,3-9H2,1-2H3,(H,14,17). The fraction of sp³-hybridized carbons (Fsp3) is 0.846. The number of aliphatic hydroxyl groups excluding tert-OH is 1. The molecular formula is C13H24N2O4. The molecule has 2 atom stereocenters. The predicted molar refractivity (Wildman–Crippen MR) is 70.5 cm³/mol. The van der Waals surface area contributed by atoms with Crippen LogP contribution in [0.25, 0.3) is 0 Å². The minimum atomic E-state index is -0.614. The van der Waals surface area contributed by atoms with Crippen LogP contribution in [0.2, 0.25) is 0 Å². The zero-order valence-electron chi connectivity index (χ0n) is 11.7. The molecule has 1 aliphatic heterocycles. The summed E-state index contributed by atoms with van der Waals surface area (Å²) >= 11 is 0. The van der Waals surface area contributed by atoms with Crippen molar-refractivity contribution in [2.75, 3.05) is 26.8 Å². The third kappa shape index (κ3) is 5.16. The van der Waals surface area contributed by atoms with Gasteiger partial charge in [-0.1, -0.05) is 0 Å². The number of carbonyl (C=O) groups excluding carboxylic acids is 2. The van der Waals surface area contributed by atoms with Gasteiger partial charge in [-0.05, 0) is 32.2 Å². The highest BCUT2D eigenvalue weighted by Crippen LogP contribution is 2.21. The number of rotatable bonds is 7. The molecule has 0 saturated carbocycles. The highest BCUT2D eigenvalue weighted by atomic mass is 16.5. The molecule has 2 N–H and O–H groups in total. The second kappa shape index (κ2) is 8.12. The molecule has 0 aromatic heterocycles. The van der Waals surface area contributed by atoms with Gasteiger partial charge in [0.05, 0.1) is 7.11 Å². The monoisotopic (exact) mass is 272 g/mol. The van der Waals surface area contributed by atoms with E-state index < -0.39 is 12.0 Å². The lowest BCUT2D eigenvalue weighted by Gasteiger charge is -2.28. The van der Waals surface area contributed by atoms with Gasteiger partial charge < -0.3 is 15.2 Å². The largest absolute Gasteiger partial charge is 0.467 e. The topological polar surface area (TPSA) is 78.9 Å². The van der Waals surface area contributed by atoms with Crippen LogP contribution in [0.1, 0.15) is 32.6 Å². The lowest BCUT2D eigenvalue weighted by Crippen LogP contribution is -2.49. The molecule has 1 amide bonds. The Morgan fingerprint density at radius 2 is 2.26 bits per heavy atom. The molecule has 110 valence electrons. The fourth-order valence-electron chi connectivity index (χ4n) is 2.59. The molecule has 1 heterocycles. The van der Waals surface area contributed by atoms with Crippen molar-refractivity contribution in [3.63, 3.8) is 0 Å². The van der Waals surface area contributed by atoms with E-state index in [0.717, 1.165) is 32.2 Å². The molecule has 0 radical (unpaired) electrons. The average Bonchev–Trinajstić information content (AvgIpc) is 2.81. The van der Waals surface area contributed by atoms with Gasteiger partial charge >= 0.3 is 5.97 Å². The van der Waals surface area contributed by atoms with Crippen LogP contribution in [0.4, 0.5) is 0 Å². The molecule has 0 bridgehead atoms. The van der Waals surface area contributed by atoms with Gasteiger partial charge in [0.2, 0.25) is 5.91 Å². The smallest absolute Gasteiger partial charge is 0.329 e. The fourth-order valence-corrected chi connectivity index (χ4v) is 2.59. The zero-order chi connectivity index (χ0) is 14.3. The molecule has 6 nitrogen and oxygen atoms in total. The summed E-state index contributed by atoms with van der Waals surface area (Å²) in [6.07, 6.45) is 3.85. The molecular weight excluding hydrogens is 248 g/mol. The highest BCUT2D eigenvalue weighted by molar-refractivity contribution is 5.83. The van der Waals surface area contributed by atoms with Crippen molar-refractivity contribution in [2.45, 2.75) is 44.7 Å². The summed E-state index contributed by atoms with van der Waals surface area (Å²) in [5, 5.41) is 11.5. The molecule has 1 rings (SSSR count). The van der Waals surface area contributed by atoms with Crippen LogP contribution >= 0.6 is 0 Å². The minimum absolute atomic E-state index is 0.191. The summed E-state index contributed by atoms with van der Waals surface area (Å²) in [5.41, 5.74) is 0. The van der Waals surface area contributed by atoms with E-state index >= 15 is 0 Å². The van der Waals surface area contributed by atoms with E-state index in [1.54, 1.807) is 0 Å². The molecule has 1 aliphatic rings. The Labute approximate surface area is 114 Å². The first-order valence-electron chi connectivity index (χ1n) is 6.78. The van der Waals surface area contributed by atoms with Crippen LogP contribution < -0.4 is 5.32 Å². The van der Waals surface area contributed by atoms with Gasteiger partial charge in [-0.3, -0.25) is 9.69 Å². The summed E-state index contributed by atoms with van der Waals surface area (Å²) in [7, 11) is 1.32. The van der Waals surface area contributed by atoms with Crippen LogP contribution in [0.5, 0.6) is 0 Å². The Morgan fingerprint density at radius 3 is 2.84 bits per heavy atom. The second-order valence-electron chi connectivity index (χ2n) is 4.93. The second-order valence-corrected chi connectivity index (χ2v) is 4.93. The van der Waals surface area contributed by atoms with E-state index in [1.165, 1.54) is 14.0 Å². The number of carbonyl (C=O) groups is 2. The van der Waals surface area contributed by atoms with E-state index in [0.29, 0.717) is 12.6 Å². The van der Waals surface area contributed by atoms with E-state index in [1.807, 2.05) is 0 Å². The number of nitrogens with one attached hydrogen (secondary N) is 1. The molecule has 2 unspecified atom stereocenters. The first-order chi connectivity index (χ1) is 9.08. The first-order valence-corrected chi connectivity index (χ1v) is 6.78. The summed E-state index contributed by atoms with van der Waals surface area (Å²) in [5.74, 6) is -0.649. The van der Waals surface area contributed by atoms with Gasteiger partial charge in [0, 0.05) is 26.1 Å². The normalized spacial score (nSPS) is 21.1. The summed E-state index contributed by atoms with van der Waals surface area (Å²) in [6, 6.07) is -0.231. The number of likely N-dealkylation sites (tertiary alicyclic amines) is 1. The van der Waals surface area contributed by atoms with Crippen LogP contribution in [-0.2, 0) is 14.3 Å². The summed E-state index contributed by atoms with van der Waals surface area (Å²) < 4.78 is 4.72. The van der Waals surface area contributed by atoms with E-state index in [9.17, 15) is 9.59 Å². The van der Waals surface area contributed by atoms with E-state index in [-0.39, 0.29) is 12.5 Å². The van der Waals surface area contributed by atoms with Crippen molar-refractivity contribution >= 4 is 11.9 Å². The maximum atomic E-state index is 11.7. The molecule has 6 heteroatoms. The predicted octanol–water partition coefficient (Wildman–Crippen LogP) is -0.0990. The molecule has 0 aliphatic carbocycles. The Bertz CT molecular complexity index is 309. The Kier molecular flexibility index (Phi) is 6.80. The van der Waals surface area contributed by atoms with Crippen molar-refractivity contribution in [1.82, 2.24) is 10.2 Å². The minimum Gasteiger partial charge on any atom is -0.467 e. The van der Waals surface area contributed by atoms with Crippen molar-refractivity contribution in [1.29, 1.82) is 0 Å². The van der Waals surface area contributed by atoms with E-state index in [4.69, 9.17) is 9.84 Å². The molecule has 1 saturated heterocycles. The number of aliphatic hydroxyl groups is 1. The number of amides is 1. The van der Waals surface area contributed by atoms with Crippen LogP contribution in [0.3, 0.4) is 0 Å². The third-order valence-electron chi connectivity index (χ3n) is 3.47.